The minimum Gasteiger partial charge on any atom is -0.323 e. The van der Waals surface area contributed by atoms with Crippen LogP contribution >= 0.6 is 0 Å². The van der Waals surface area contributed by atoms with Gasteiger partial charge in [-0.3, -0.25) is 24.6 Å². The zero-order chi connectivity index (χ0) is 24.2. The van der Waals surface area contributed by atoms with Crippen molar-refractivity contribution >= 4 is 29.0 Å². The van der Waals surface area contributed by atoms with E-state index in [2.05, 4.69) is 31.8 Å². The standard InChI is InChI=1S/C25H24N8O2/c1-32-19(23(34)22-17-3-2-8-27-18(17)13-29-22)12-21(31-32)30-20-11-16(6-9-28-20)33-10-7-25(14-26,24(33)35)15-4-5-15/h2-3,6,8-9,11-12,15,22,29H,4-5,7,10,13H2,1H3,(H,28,30,31)/t22?,25-/m1/s1. The van der Waals surface area contributed by atoms with Crippen LogP contribution in [-0.4, -0.2) is 38.0 Å². The Morgan fingerprint density at radius 2 is 2.09 bits per heavy atom. The van der Waals surface area contributed by atoms with E-state index in [1.165, 1.54) is 0 Å². The monoisotopic (exact) mass is 468 g/mol. The number of nitrogens with one attached hydrogen (secondary N) is 2. The molecule has 1 unspecified atom stereocenters. The van der Waals surface area contributed by atoms with Crippen molar-refractivity contribution in [1.82, 2.24) is 25.1 Å². The third-order valence-electron chi connectivity index (χ3n) is 7.25. The van der Waals surface area contributed by atoms with E-state index in [9.17, 15) is 14.9 Å². The first-order valence-electron chi connectivity index (χ1n) is 11.7. The summed E-state index contributed by atoms with van der Waals surface area (Å²) in [5, 5.41) is 20.6. The summed E-state index contributed by atoms with van der Waals surface area (Å²) in [5.74, 6) is 0.941. The number of carbonyl (C=O) groups is 2. The summed E-state index contributed by atoms with van der Waals surface area (Å²) in [6.07, 6.45) is 5.78. The van der Waals surface area contributed by atoms with Crippen LogP contribution in [0.2, 0.25) is 0 Å². The molecule has 5 heterocycles. The average Bonchev–Trinajstić information content (AvgIpc) is 3.40. The van der Waals surface area contributed by atoms with E-state index in [0.29, 0.717) is 42.5 Å². The molecule has 35 heavy (non-hydrogen) atoms. The molecule has 2 fully saturated rings. The van der Waals surface area contributed by atoms with Gasteiger partial charge in [0.25, 0.3) is 0 Å². The van der Waals surface area contributed by atoms with Gasteiger partial charge in [0.05, 0.1) is 11.8 Å². The van der Waals surface area contributed by atoms with Gasteiger partial charge in [-0.15, -0.1) is 0 Å². The molecular weight excluding hydrogens is 444 g/mol. The SMILES string of the molecule is Cn1nc(Nc2cc(N3CC[C@@](C#N)(C4CC4)C3=O)ccn2)cc1C(=O)C1NCc2ncccc21. The van der Waals surface area contributed by atoms with Crippen LogP contribution in [0.1, 0.15) is 47.1 Å². The van der Waals surface area contributed by atoms with E-state index in [0.717, 1.165) is 24.1 Å². The molecule has 176 valence electrons. The summed E-state index contributed by atoms with van der Waals surface area (Å²) in [6.45, 7) is 1.06. The molecule has 0 bridgehead atoms. The highest BCUT2D eigenvalue weighted by atomic mass is 16.2. The van der Waals surface area contributed by atoms with Crippen molar-refractivity contribution in [3.63, 3.8) is 0 Å². The van der Waals surface area contributed by atoms with Gasteiger partial charge in [-0.2, -0.15) is 10.4 Å². The normalized spacial score (nSPS) is 23.3. The van der Waals surface area contributed by atoms with Crippen LogP contribution in [0.15, 0.2) is 42.7 Å². The van der Waals surface area contributed by atoms with Crippen molar-refractivity contribution < 1.29 is 9.59 Å². The maximum absolute atomic E-state index is 13.2. The van der Waals surface area contributed by atoms with E-state index < -0.39 is 11.5 Å². The Bertz CT molecular complexity index is 1390. The lowest BCUT2D eigenvalue weighted by atomic mass is 9.83. The molecule has 3 aromatic rings. The van der Waals surface area contributed by atoms with Crippen LogP contribution in [0, 0.1) is 22.7 Å². The largest absolute Gasteiger partial charge is 0.323 e. The number of hydrogen-bond donors (Lipinski definition) is 2. The molecule has 2 aliphatic heterocycles. The van der Waals surface area contributed by atoms with Crippen molar-refractivity contribution in [2.75, 3.05) is 16.8 Å². The second-order valence-electron chi connectivity index (χ2n) is 9.34. The number of fused-ring (bicyclic) bond motifs is 1. The number of hydrogen-bond acceptors (Lipinski definition) is 8. The number of amides is 1. The molecule has 10 heteroatoms. The molecule has 1 amide bonds. The van der Waals surface area contributed by atoms with Gasteiger partial charge in [0, 0.05) is 50.4 Å². The third-order valence-corrected chi connectivity index (χ3v) is 7.25. The van der Waals surface area contributed by atoms with Gasteiger partial charge in [0.15, 0.2) is 5.82 Å². The molecular formula is C25H24N8O2. The topological polar surface area (TPSA) is 129 Å². The van der Waals surface area contributed by atoms with Gasteiger partial charge < -0.3 is 10.2 Å². The Hall–Kier alpha value is -4.10. The number of rotatable bonds is 6. The Morgan fingerprint density at radius 1 is 1.23 bits per heavy atom. The zero-order valence-electron chi connectivity index (χ0n) is 19.2. The van der Waals surface area contributed by atoms with Crippen LogP contribution in [-0.2, 0) is 18.4 Å². The van der Waals surface area contributed by atoms with Gasteiger partial charge in [-0.05, 0) is 42.9 Å². The number of nitrogens with zero attached hydrogens (tertiary/aromatic N) is 6. The third kappa shape index (κ3) is 3.47. The van der Waals surface area contributed by atoms with Gasteiger partial charge >= 0.3 is 0 Å². The van der Waals surface area contributed by atoms with E-state index >= 15 is 0 Å². The number of ketones is 1. The Morgan fingerprint density at radius 3 is 2.89 bits per heavy atom. The summed E-state index contributed by atoms with van der Waals surface area (Å²) < 4.78 is 1.55. The molecule has 0 spiro atoms. The first-order valence-corrected chi connectivity index (χ1v) is 11.7. The zero-order valence-corrected chi connectivity index (χ0v) is 19.2. The fraction of sp³-hybridized carbons (Fsp3) is 0.360. The van der Waals surface area contributed by atoms with Gasteiger partial charge in [-0.1, -0.05) is 6.07 Å². The van der Waals surface area contributed by atoms with Crippen LogP contribution in [0.5, 0.6) is 0 Å². The highest BCUT2D eigenvalue weighted by molar-refractivity contribution is 6.02. The van der Waals surface area contributed by atoms with Gasteiger partial charge in [-0.25, -0.2) is 4.98 Å². The molecule has 3 aromatic heterocycles. The maximum atomic E-state index is 13.2. The molecule has 1 aliphatic carbocycles. The highest BCUT2D eigenvalue weighted by Gasteiger charge is 2.56. The predicted octanol–water partition coefficient (Wildman–Crippen LogP) is 2.64. The lowest BCUT2D eigenvalue weighted by Gasteiger charge is -2.21. The van der Waals surface area contributed by atoms with Crippen molar-refractivity contribution in [2.45, 2.75) is 31.8 Å². The molecule has 0 aromatic carbocycles. The van der Waals surface area contributed by atoms with Crippen LogP contribution in [0.4, 0.5) is 17.3 Å². The van der Waals surface area contributed by atoms with E-state index in [4.69, 9.17) is 0 Å². The molecule has 1 saturated heterocycles. The summed E-state index contributed by atoms with van der Waals surface area (Å²) in [5.41, 5.74) is 2.02. The van der Waals surface area contributed by atoms with Gasteiger partial charge in [0.1, 0.15) is 23.0 Å². The Balaban J connectivity index is 1.21. The Kier molecular flexibility index (Phi) is 4.89. The minimum absolute atomic E-state index is 0.0860. The van der Waals surface area contributed by atoms with Crippen molar-refractivity contribution in [3.05, 3.63) is 59.7 Å². The predicted molar refractivity (Wildman–Crippen MR) is 127 cm³/mol. The molecule has 1 saturated carbocycles. The first kappa shape index (κ1) is 21.4. The van der Waals surface area contributed by atoms with Crippen LogP contribution < -0.4 is 15.5 Å². The van der Waals surface area contributed by atoms with Crippen molar-refractivity contribution in [2.24, 2.45) is 18.4 Å². The number of anilines is 3. The number of carbonyl (C=O) groups excluding carboxylic acids is 2. The molecule has 0 radical (unpaired) electrons. The summed E-state index contributed by atoms with van der Waals surface area (Å²) >= 11 is 0. The van der Waals surface area contributed by atoms with E-state index in [-0.39, 0.29) is 17.6 Å². The van der Waals surface area contributed by atoms with E-state index in [1.807, 2.05) is 12.1 Å². The number of aryl methyl sites for hydroxylation is 1. The second-order valence-corrected chi connectivity index (χ2v) is 9.34. The smallest absolute Gasteiger partial charge is 0.247 e. The second kappa shape index (κ2) is 7.99. The van der Waals surface area contributed by atoms with Gasteiger partial charge in [0.2, 0.25) is 11.7 Å². The number of pyridine rings is 2. The lowest BCUT2D eigenvalue weighted by Crippen LogP contribution is -2.35. The molecule has 10 nitrogen and oxygen atoms in total. The maximum Gasteiger partial charge on any atom is 0.247 e. The lowest BCUT2D eigenvalue weighted by molar-refractivity contribution is -0.123. The fourth-order valence-electron chi connectivity index (χ4n) is 5.23. The fourth-order valence-corrected chi connectivity index (χ4v) is 5.23. The average molecular weight is 469 g/mol. The van der Waals surface area contributed by atoms with Crippen LogP contribution in [0.3, 0.4) is 0 Å². The van der Waals surface area contributed by atoms with Crippen molar-refractivity contribution in [3.8, 4) is 6.07 Å². The molecule has 2 N–H and O–H groups in total. The highest BCUT2D eigenvalue weighted by Crippen LogP contribution is 2.52. The first-order chi connectivity index (χ1) is 17.0. The Labute approximate surface area is 202 Å². The molecule has 3 aliphatic rings. The number of Topliss-reactive ketones (excluding diaryl/α,β-unsaturated/α-hetero) is 1. The number of nitriles is 1. The van der Waals surface area contributed by atoms with E-state index in [1.54, 1.807) is 47.2 Å². The summed E-state index contributed by atoms with van der Waals surface area (Å²) in [7, 11) is 1.73. The quantitative estimate of drug-likeness (QED) is 0.528. The minimum atomic E-state index is -0.893. The molecule has 2 atom stereocenters. The molecule has 6 rings (SSSR count). The summed E-state index contributed by atoms with van der Waals surface area (Å²) in [4.78, 5) is 36.8. The van der Waals surface area contributed by atoms with Crippen LogP contribution in [0.25, 0.3) is 0 Å². The van der Waals surface area contributed by atoms with Crippen molar-refractivity contribution in [1.29, 1.82) is 5.26 Å². The number of aromatic nitrogens is 4. The summed E-state index contributed by atoms with van der Waals surface area (Å²) in [6, 6.07) is 10.8.